The van der Waals surface area contributed by atoms with Crippen molar-refractivity contribution in [1.29, 1.82) is 0 Å². The van der Waals surface area contributed by atoms with Crippen molar-refractivity contribution in [2.75, 3.05) is 5.73 Å². The van der Waals surface area contributed by atoms with E-state index in [1.54, 1.807) is 12.1 Å². The third-order valence-electron chi connectivity index (χ3n) is 2.56. The molecule has 3 nitrogen and oxygen atoms in total. The smallest absolute Gasteiger partial charge is 0.141 e. The van der Waals surface area contributed by atoms with Gasteiger partial charge < -0.3 is 5.73 Å². The van der Waals surface area contributed by atoms with Crippen LogP contribution >= 0.6 is 27.5 Å². The van der Waals surface area contributed by atoms with Crippen LogP contribution in [0.15, 0.2) is 28.9 Å². The van der Waals surface area contributed by atoms with Crippen LogP contribution in [-0.4, -0.2) is 9.78 Å². The summed E-state index contributed by atoms with van der Waals surface area (Å²) in [6.45, 7) is 1.81. The number of nitrogens with zero attached hydrogens (tertiary/aromatic N) is 2. The van der Waals surface area contributed by atoms with E-state index >= 15 is 0 Å². The molecule has 2 rings (SSSR count). The van der Waals surface area contributed by atoms with Crippen molar-refractivity contribution in [3.8, 4) is 0 Å². The molecule has 0 bridgehead atoms. The molecule has 0 saturated heterocycles. The van der Waals surface area contributed by atoms with Gasteiger partial charge in [0.15, 0.2) is 0 Å². The van der Waals surface area contributed by atoms with E-state index < -0.39 is 0 Å². The zero-order chi connectivity index (χ0) is 12.6. The van der Waals surface area contributed by atoms with Crippen LogP contribution in [-0.2, 0) is 0 Å². The van der Waals surface area contributed by atoms with Gasteiger partial charge in [0.05, 0.1) is 12.2 Å². The molecule has 0 aliphatic heterocycles. The number of hydrogen-bond donors (Lipinski definition) is 1. The maximum absolute atomic E-state index is 13.7. The first kappa shape index (κ1) is 12.4. The summed E-state index contributed by atoms with van der Waals surface area (Å²) >= 11 is 9.13. The van der Waals surface area contributed by atoms with Crippen molar-refractivity contribution in [3.63, 3.8) is 0 Å². The minimum Gasteiger partial charge on any atom is -0.383 e. The highest BCUT2D eigenvalue weighted by molar-refractivity contribution is 9.10. The Morgan fingerprint density at radius 1 is 1.53 bits per heavy atom. The highest BCUT2D eigenvalue weighted by Gasteiger charge is 2.17. The molecule has 6 heteroatoms. The summed E-state index contributed by atoms with van der Waals surface area (Å²) < 4.78 is 16.0. The van der Waals surface area contributed by atoms with Gasteiger partial charge in [-0.05, 0) is 25.1 Å². The molecule has 1 aromatic carbocycles. The molecule has 0 aliphatic carbocycles. The Balaban J connectivity index is 2.47. The molecule has 0 aliphatic rings. The predicted molar refractivity (Wildman–Crippen MR) is 69.6 cm³/mol. The number of rotatable bonds is 2. The second kappa shape index (κ2) is 4.66. The Bertz CT molecular complexity index is 556. The van der Waals surface area contributed by atoms with Gasteiger partial charge in [-0.15, -0.1) is 0 Å². The van der Waals surface area contributed by atoms with E-state index in [1.165, 1.54) is 16.9 Å². The first-order valence-corrected chi connectivity index (χ1v) is 6.11. The first-order chi connectivity index (χ1) is 8.00. The van der Waals surface area contributed by atoms with Crippen molar-refractivity contribution in [2.24, 2.45) is 0 Å². The summed E-state index contributed by atoms with van der Waals surface area (Å²) in [5.74, 6) is 0.0327. The maximum Gasteiger partial charge on any atom is 0.141 e. The van der Waals surface area contributed by atoms with Crippen molar-refractivity contribution < 1.29 is 4.39 Å². The van der Waals surface area contributed by atoms with Crippen LogP contribution in [0.4, 0.5) is 10.2 Å². The van der Waals surface area contributed by atoms with Gasteiger partial charge >= 0.3 is 0 Å². The van der Waals surface area contributed by atoms with Gasteiger partial charge in [0.2, 0.25) is 0 Å². The number of halogens is 3. The third kappa shape index (κ3) is 2.30. The van der Waals surface area contributed by atoms with Gasteiger partial charge in [-0.1, -0.05) is 27.5 Å². The van der Waals surface area contributed by atoms with E-state index in [2.05, 4.69) is 21.0 Å². The zero-order valence-electron chi connectivity index (χ0n) is 8.99. The Morgan fingerprint density at radius 2 is 2.24 bits per heavy atom. The molecule has 0 saturated carbocycles. The lowest BCUT2D eigenvalue weighted by Gasteiger charge is -2.15. The van der Waals surface area contributed by atoms with Gasteiger partial charge in [-0.3, -0.25) is 0 Å². The van der Waals surface area contributed by atoms with Gasteiger partial charge in [-0.25, -0.2) is 9.07 Å². The zero-order valence-corrected chi connectivity index (χ0v) is 11.3. The second-order valence-electron chi connectivity index (χ2n) is 3.66. The topological polar surface area (TPSA) is 43.8 Å². The molecular formula is C11H10BrClFN3. The van der Waals surface area contributed by atoms with Crippen LogP contribution < -0.4 is 5.73 Å². The molecule has 1 aromatic heterocycles. The number of anilines is 1. The lowest BCUT2D eigenvalue weighted by Crippen LogP contribution is -2.12. The Kier molecular flexibility index (Phi) is 3.40. The third-order valence-corrected chi connectivity index (χ3v) is 3.35. The summed E-state index contributed by atoms with van der Waals surface area (Å²) in [5, 5.41) is 4.41. The minimum atomic E-state index is -0.319. The molecule has 0 spiro atoms. The van der Waals surface area contributed by atoms with Gasteiger partial charge in [0, 0.05) is 10.0 Å². The maximum atomic E-state index is 13.7. The molecule has 0 radical (unpaired) electrons. The number of nitrogen functional groups attached to an aromatic ring is 1. The average molecular weight is 319 g/mol. The highest BCUT2D eigenvalue weighted by atomic mass is 79.9. The monoisotopic (exact) mass is 317 g/mol. The van der Waals surface area contributed by atoms with E-state index in [0.29, 0.717) is 16.4 Å². The van der Waals surface area contributed by atoms with Crippen LogP contribution in [0.1, 0.15) is 18.5 Å². The number of benzene rings is 1. The van der Waals surface area contributed by atoms with Crippen molar-refractivity contribution in [1.82, 2.24) is 9.78 Å². The fourth-order valence-electron chi connectivity index (χ4n) is 1.63. The minimum absolute atomic E-state index is 0.299. The normalized spacial score (nSPS) is 12.7. The van der Waals surface area contributed by atoms with Crippen molar-refractivity contribution >= 4 is 33.3 Å². The average Bonchev–Trinajstić information content (AvgIpc) is 2.62. The fourth-order valence-corrected chi connectivity index (χ4v) is 2.13. The van der Waals surface area contributed by atoms with Crippen LogP contribution in [0.25, 0.3) is 0 Å². The van der Waals surface area contributed by atoms with Gasteiger partial charge in [0.1, 0.15) is 16.7 Å². The summed E-state index contributed by atoms with van der Waals surface area (Å²) in [5.41, 5.74) is 6.27. The molecule has 0 fully saturated rings. The van der Waals surface area contributed by atoms with E-state index in [-0.39, 0.29) is 11.9 Å². The first-order valence-electron chi connectivity index (χ1n) is 4.94. The van der Waals surface area contributed by atoms with Crippen LogP contribution in [0.3, 0.4) is 0 Å². The highest BCUT2D eigenvalue weighted by Crippen LogP contribution is 2.28. The molecule has 0 amide bonds. The van der Waals surface area contributed by atoms with Crippen molar-refractivity contribution in [2.45, 2.75) is 13.0 Å². The summed E-state index contributed by atoms with van der Waals surface area (Å²) in [4.78, 5) is 0. The Morgan fingerprint density at radius 3 is 2.82 bits per heavy atom. The van der Waals surface area contributed by atoms with Gasteiger partial charge in [0.25, 0.3) is 0 Å². The quantitative estimate of drug-likeness (QED) is 0.919. The lowest BCUT2D eigenvalue weighted by atomic mass is 10.1. The largest absolute Gasteiger partial charge is 0.383 e. The molecule has 1 unspecified atom stereocenters. The molecular weight excluding hydrogens is 308 g/mol. The number of hydrogen-bond acceptors (Lipinski definition) is 2. The fraction of sp³-hybridized carbons (Fsp3) is 0.182. The molecule has 1 atom stereocenters. The SMILES string of the molecule is CC(c1cc(Br)ccc1F)n1ncc(Cl)c1N. The Labute approximate surface area is 112 Å². The van der Waals surface area contributed by atoms with Crippen LogP contribution in [0, 0.1) is 5.82 Å². The van der Waals surface area contributed by atoms with Crippen LogP contribution in [0.5, 0.6) is 0 Å². The number of aromatic nitrogens is 2. The van der Waals surface area contributed by atoms with E-state index in [4.69, 9.17) is 17.3 Å². The van der Waals surface area contributed by atoms with E-state index in [1.807, 2.05) is 6.92 Å². The summed E-state index contributed by atoms with van der Waals surface area (Å²) in [7, 11) is 0. The lowest BCUT2D eigenvalue weighted by molar-refractivity contribution is 0.526. The van der Waals surface area contributed by atoms with E-state index in [0.717, 1.165) is 4.47 Å². The standard InChI is InChI=1S/C11H10BrClFN3/c1-6(17-11(15)9(13)5-16-17)8-4-7(12)2-3-10(8)14/h2-6H,15H2,1H3. The summed E-state index contributed by atoms with van der Waals surface area (Å²) in [6.07, 6.45) is 1.45. The van der Waals surface area contributed by atoms with Crippen molar-refractivity contribution in [3.05, 3.63) is 45.3 Å². The molecule has 2 N–H and O–H groups in total. The van der Waals surface area contributed by atoms with Crippen LogP contribution in [0.2, 0.25) is 5.02 Å². The molecule has 2 aromatic rings. The van der Waals surface area contributed by atoms with E-state index in [9.17, 15) is 4.39 Å². The van der Waals surface area contributed by atoms with Gasteiger partial charge in [-0.2, -0.15) is 5.10 Å². The molecule has 1 heterocycles. The predicted octanol–water partition coefficient (Wildman–Crippen LogP) is 3.63. The summed E-state index contributed by atoms with van der Waals surface area (Å²) in [6, 6.07) is 4.43. The molecule has 90 valence electrons. The molecule has 17 heavy (non-hydrogen) atoms. The number of nitrogens with two attached hydrogens (primary N) is 1. The second-order valence-corrected chi connectivity index (χ2v) is 4.99. The Hall–Kier alpha value is -1.07.